The maximum Gasteiger partial charge on any atom is 0.253 e. The maximum atomic E-state index is 12.4. The van der Waals surface area contributed by atoms with E-state index in [1.807, 2.05) is 13.8 Å². The van der Waals surface area contributed by atoms with Crippen LogP contribution < -0.4 is 10.6 Å². The minimum atomic E-state index is -0.359. The highest BCUT2D eigenvalue weighted by Gasteiger charge is 2.20. The SMILES string of the molecule is CCC(C)C(=O)Nc1ccccc1C(=O)NCC(=O)N1CCCC1. The number of likely N-dealkylation sites (tertiary alicyclic amines) is 1. The molecule has 3 amide bonds. The Morgan fingerprint density at radius 2 is 1.83 bits per heavy atom. The summed E-state index contributed by atoms with van der Waals surface area (Å²) in [7, 11) is 0. The van der Waals surface area contributed by atoms with Crippen LogP contribution >= 0.6 is 0 Å². The van der Waals surface area contributed by atoms with E-state index in [4.69, 9.17) is 0 Å². The van der Waals surface area contributed by atoms with Gasteiger partial charge in [-0.3, -0.25) is 14.4 Å². The van der Waals surface area contributed by atoms with Crippen LogP contribution in [0.2, 0.25) is 0 Å². The third kappa shape index (κ3) is 4.57. The molecule has 2 rings (SSSR count). The van der Waals surface area contributed by atoms with Crippen LogP contribution in [0, 0.1) is 5.92 Å². The van der Waals surface area contributed by atoms with Crippen molar-refractivity contribution in [3.63, 3.8) is 0 Å². The Hall–Kier alpha value is -2.37. The summed E-state index contributed by atoms with van der Waals surface area (Å²) in [5, 5.41) is 5.44. The molecule has 1 unspecified atom stereocenters. The van der Waals surface area contributed by atoms with E-state index in [1.165, 1.54) is 0 Å². The van der Waals surface area contributed by atoms with Gasteiger partial charge in [0.15, 0.2) is 0 Å². The lowest BCUT2D eigenvalue weighted by molar-refractivity contribution is -0.129. The van der Waals surface area contributed by atoms with Gasteiger partial charge in [0.1, 0.15) is 0 Å². The fourth-order valence-corrected chi connectivity index (χ4v) is 2.56. The topological polar surface area (TPSA) is 78.5 Å². The van der Waals surface area contributed by atoms with Gasteiger partial charge in [0.05, 0.1) is 17.8 Å². The predicted molar refractivity (Wildman–Crippen MR) is 92.7 cm³/mol. The van der Waals surface area contributed by atoms with Crippen molar-refractivity contribution in [3.8, 4) is 0 Å². The second-order valence-electron chi connectivity index (χ2n) is 6.11. The molecule has 6 nitrogen and oxygen atoms in total. The van der Waals surface area contributed by atoms with Gasteiger partial charge in [-0.25, -0.2) is 0 Å². The third-order valence-electron chi connectivity index (χ3n) is 4.35. The smallest absolute Gasteiger partial charge is 0.253 e. The van der Waals surface area contributed by atoms with E-state index in [2.05, 4.69) is 10.6 Å². The van der Waals surface area contributed by atoms with Crippen LogP contribution in [0.5, 0.6) is 0 Å². The van der Waals surface area contributed by atoms with Crippen molar-refractivity contribution in [1.82, 2.24) is 10.2 Å². The van der Waals surface area contributed by atoms with Crippen LogP contribution in [-0.2, 0) is 9.59 Å². The molecule has 24 heavy (non-hydrogen) atoms. The van der Waals surface area contributed by atoms with E-state index in [-0.39, 0.29) is 30.2 Å². The zero-order valence-corrected chi connectivity index (χ0v) is 14.3. The number of hydrogen-bond donors (Lipinski definition) is 2. The Labute approximate surface area is 142 Å². The van der Waals surface area contributed by atoms with Crippen molar-refractivity contribution in [2.45, 2.75) is 33.1 Å². The first-order valence-corrected chi connectivity index (χ1v) is 8.48. The van der Waals surface area contributed by atoms with E-state index < -0.39 is 0 Å². The van der Waals surface area contributed by atoms with E-state index >= 15 is 0 Å². The Kier molecular flexibility index (Phi) is 6.35. The third-order valence-corrected chi connectivity index (χ3v) is 4.35. The maximum absolute atomic E-state index is 12.4. The Bertz CT molecular complexity index is 609. The van der Waals surface area contributed by atoms with Gasteiger partial charge >= 0.3 is 0 Å². The lowest BCUT2D eigenvalue weighted by Gasteiger charge is -2.16. The number of rotatable bonds is 6. The highest BCUT2D eigenvalue weighted by molar-refractivity contribution is 6.04. The fourth-order valence-electron chi connectivity index (χ4n) is 2.56. The zero-order valence-electron chi connectivity index (χ0n) is 14.3. The zero-order chi connectivity index (χ0) is 17.5. The van der Waals surface area contributed by atoms with E-state index in [0.29, 0.717) is 11.3 Å². The molecule has 6 heteroatoms. The van der Waals surface area contributed by atoms with Crippen LogP contribution in [0.15, 0.2) is 24.3 Å². The number of benzene rings is 1. The first-order valence-electron chi connectivity index (χ1n) is 8.48. The van der Waals surface area contributed by atoms with Crippen molar-refractivity contribution >= 4 is 23.4 Å². The quantitative estimate of drug-likeness (QED) is 0.837. The molecular weight excluding hydrogens is 306 g/mol. The van der Waals surface area contributed by atoms with Gasteiger partial charge in [-0.1, -0.05) is 26.0 Å². The Morgan fingerprint density at radius 1 is 1.17 bits per heavy atom. The molecule has 1 aromatic rings. The first-order chi connectivity index (χ1) is 11.5. The van der Waals surface area contributed by atoms with E-state index in [9.17, 15) is 14.4 Å². The second kappa shape index (κ2) is 8.47. The average Bonchev–Trinajstić information content (AvgIpc) is 3.13. The van der Waals surface area contributed by atoms with Gasteiger partial charge < -0.3 is 15.5 Å². The Morgan fingerprint density at radius 3 is 2.50 bits per heavy atom. The number of amides is 3. The summed E-state index contributed by atoms with van der Waals surface area (Å²) in [5.74, 6) is -0.673. The van der Waals surface area contributed by atoms with Crippen LogP contribution in [0.3, 0.4) is 0 Å². The minimum Gasteiger partial charge on any atom is -0.343 e. The molecule has 0 saturated carbocycles. The van der Waals surface area contributed by atoms with Crippen molar-refractivity contribution in [2.24, 2.45) is 5.92 Å². The van der Waals surface area contributed by atoms with Crippen LogP contribution in [0.1, 0.15) is 43.5 Å². The van der Waals surface area contributed by atoms with Gasteiger partial charge in [0.25, 0.3) is 5.91 Å². The summed E-state index contributed by atoms with van der Waals surface area (Å²) in [6.07, 6.45) is 2.76. The predicted octanol–water partition coefficient (Wildman–Crippen LogP) is 2.02. The molecule has 1 aliphatic heterocycles. The summed E-state index contributed by atoms with van der Waals surface area (Å²) >= 11 is 0. The molecule has 1 aromatic carbocycles. The van der Waals surface area contributed by atoms with Gasteiger partial charge in [-0.2, -0.15) is 0 Å². The number of carbonyl (C=O) groups excluding carboxylic acids is 3. The lowest BCUT2D eigenvalue weighted by atomic mass is 10.1. The molecule has 0 aliphatic carbocycles. The number of anilines is 1. The van der Waals surface area contributed by atoms with Gasteiger partial charge in [0, 0.05) is 19.0 Å². The van der Waals surface area contributed by atoms with Crippen molar-refractivity contribution < 1.29 is 14.4 Å². The summed E-state index contributed by atoms with van der Waals surface area (Å²) in [6.45, 7) is 5.28. The average molecular weight is 331 g/mol. The Balaban J connectivity index is 1.98. The molecule has 1 fully saturated rings. The molecule has 130 valence electrons. The van der Waals surface area contributed by atoms with Crippen LogP contribution in [0.4, 0.5) is 5.69 Å². The van der Waals surface area contributed by atoms with Gasteiger partial charge in [0.2, 0.25) is 11.8 Å². The highest BCUT2D eigenvalue weighted by atomic mass is 16.2. The molecule has 1 atom stereocenters. The van der Waals surface area contributed by atoms with Crippen molar-refractivity contribution in [3.05, 3.63) is 29.8 Å². The summed E-state index contributed by atoms with van der Waals surface area (Å²) in [4.78, 5) is 38.2. The largest absolute Gasteiger partial charge is 0.343 e. The van der Waals surface area contributed by atoms with E-state index in [0.717, 1.165) is 32.4 Å². The number of nitrogens with zero attached hydrogens (tertiary/aromatic N) is 1. The van der Waals surface area contributed by atoms with E-state index in [1.54, 1.807) is 29.2 Å². The number of nitrogens with one attached hydrogen (secondary N) is 2. The van der Waals surface area contributed by atoms with Crippen LogP contribution in [0.25, 0.3) is 0 Å². The lowest BCUT2D eigenvalue weighted by Crippen LogP contribution is -2.38. The molecule has 0 radical (unpaired) electrons. The van der Waals surface area contributed by atoms with Crippen LogP contribution in [-0.4, -0.2) is 42.3 Å². The molecule has 1 saturated heterocycles. The number of para-hydroxylation sites is 1. The minimum absolute atomic E-state index is 0.0214. The molecule has 0 bridgehead atoms. The fraction of sp³-hybridized carbons (Fsp3) is 0.500. The molecule has 1 aliphatic rings. The number of carbonyl (C=O) groups is 3. The normalized spacial score (nSPS) is 15.0. The molecule has 0 spiro atoms. The molecular formula is C18H25N3O3. The molecule has 2 N–H and O–H groups in total. The number of hydrogen-bond acceptors (Lipinski definition) is 3. The van der Waals surface area contributed by atoms with Gasteiger partial charge in [-0.05, 0) is 31.4 Å². The second-order valence-corrected chi connectivity index (χ2v) is 6.11. The van der Waals surface area contributed by atoms with Crippen molar-refractivity contribution in [1.29, 1.82) is 0 Å². The van der Waals surface area contributed by atoms with Crippen molar-refractivity contribution in [2.75, 3.05) is 25.0 Å². The summed E-state index contributed by atoms with van der Waals surface area (Å²) in [6, 6.07) is 6.83. The monoisotopic (exact) mass is 331 g/mol. The summed E-state index contributed by atoms with van der Waals surface area (Å²) < 4.78 is 0. The first kappa shape index (κ1) is 18.0. The molecule has 0 aromatic heterocycles. The standard InChI is InChI=1S/C18H25N3O3/c1-3-13(2)17(23)20-15-9-5-4-8-14(15)18(24)19-12-16(22)21-10-6-7-11-21/h4-5,8-9,13H,3,6-7,10-12H2,1-2H3,(H,19,24)(H,20,23). The molecule has 1 heterocycles. The highest BCUT2D eigenvalue weighted by Crippen LogP contribution is 2.17. The van der Waals surface area contributed by atoms with Gasteiger partial charge in [-0.15, -0.1) is 0 Å². The summed E-state index contributed by atoms with van der Waals surface area (Å²) in [5.41, 5.74) is 0.831.